The minimum Gasteiger partial charge on any atom is -0.444 e. The zero-order valence-electron chi connectivity index (χ0n) is 27.2. The highest BCUT2D eigenvalue weighted by atomic mass is 28.3. The van der Waals surface area contributed by atoms with E-state index in [1.165, 1.54) is 17.7 Å². The number of benzene rings is 2. The van der Waals surface area contributed by atoms with Gasteiger partial charge in [0.25, 0.3) is 5.56 Å². The van der Waals surface area contributed by atoms with Gasteiger partial charge in [0.15, 0.2) is 0 Å². The van der Waals surface area contributed by atoms with Crippen LogP contribution in [0.4, 0.5) is 9.18 Å². The molecule has 1 saturated carbocycles. The minimum absolute atomic E-state index is 0.0598. The van der Waals surface area contributed by atoms with E-state index in [4.69, 9.17) is 19.7 Å². The van der Waals surface area contributed by atoms with Crippen molar-refractivity contribution in [2.75, 3.05) is 13.2 Å². The standard InChI is InChI=1S/C34H42FN5O4Si/c1-22-9-8-10-26(35)31(22)40-28(41)18-27-30(37-40)29(36-39(27)21-43-15-16-45(5,6)7)23-11-12-25-24(17-23)19-38(20-34(25)13-14-34)32(42)44-33(2,3)4/h8-12,17-18H,13-16,19-21H2,1-7H3. The maximum Gasteiger partial charge on any atom is 0.410 e. The number of para-hydroxylation sites is 1. The topological polar surface area (TPSA) is 91.5 Å². The molecule has 0 unspecified atom stereocenters. The highest BCUT2D eigenvalue weighted by Crippen LogP contribution is 2.53. The summed E-state index contributed by atoms with van der Waals surface area (Å²) in [4.78, 5) is 28.3. The number of amides is 1. The normalized spacial score (nSPS) is 15.9. The summed E-state index contributed by atoms with van der Waals surface area (Å²) in [6.07, 6.45) is 1.71. The van der Waals surface area contributed by atoms with E-state index in [1.807, 2.05) is 26.8 Å². The Morgan fingerprint density at radius 1 is 1.09 bits per heavy atom. The second kappa shape index (κ2) is 11.2. The van der Waals surface area contributed by atoms with Crippen molar-refractivity contribution in [2.45, 2.75) is 90.5 Å². The molecule has 1 aliphatic carbocycles. The predicted octanol–water partition coefficient (Wildman–Crippen LogP) is 6.79. The van der Waals surface area contributed by atoms with Crippen LogP contribution in [0.2, 0.25) is 25.7 Å². The number of halogens is 1. The fraction of sp³-hybridized carbons (Fsp3) is 0.471. The van der Waals surface area contributed by atoms with Crippen molar-refractivity contribution < 1.29 is 18.7 Å². The third-order valence-corrected chi connectivity index (χ3v) is 10.3. The molecule has 0 atom stereocenters. The van der Waals surface area contributed by atoms with E-state index >= 15 is 4.39 Å². The molecule has 6 rings (SSSR count). The van der Waals surface area contributed by atoms with Crippen molar-refractivity contribution in [2.24, 2.45) is 0 Å². The first kappa shape index (κ1) is 31.2. The molecule has 0 saturated heterocycles. The lowest BCUT2D eigenvalue weighted by Gasteiger charge is -2.36. The van der Waals surface area contributed by atoms with Gasteiger partial charge in [-0.05, 0) is 75.4 Å². The first-order chi connectivity index (χ1) is 21.1. The van der Waals surface area contributed by atoms with Gasteiger partial charge < -0.3 is 14.4 Å². The molecule has 0 radical (unpaired) electrons. The van der Waals surface area contributed by atoms with Crippen LogP contribution in [-0.2, 0) is 28.2 Å². The molecule has 1 aliphatic heterocycles. The quantitative estimate of drug-likeness (QED) is 0.165. The number of rotatable bonds is 7. The number of carbonyl (C=O) groups is 1. The van der Waals surface area contributed by atoms with Crippen LogP contribution in [0.1, 0.15) is 50.3 Å². The van der Waals surface area contributed by atoms with Gasteiger partial charge >= 0.3 is 6.09 Å². The number of aromatic nitrogens is 4. The average Bonchev–Trinajstić information content (AvgIpc) is 3.62. The average molecular weight is 632 g/mol. The number of hydrogen-bond acceptors (Lipinski definition) is 6. The third-order valence-electron chi connectivity index (χ3n) is 8.55. The number of nitrogens with zero attached hydrogens (tertiary/aromatic N) is 5. The van der Waals surface area contributed by atoms with Crippen molar-refractivity contribution in [1.29, 1.82) is 0 Å². The fourth-order valence-corrected chi connectivity index (χ4v) is 6.80. The second-order valence-electron chi connectivity index (χ2n) is 14.7. The van der Waals surface area contributed by atoms with Gasteiger partial charge in [0.05, 0.1) is 5.52 Å². The van der Waals surface area contributed by atoms with Crippen LogP contribution < -0.4 is 5.56 Å². The van der Waals surface area contributed by atoms with Gasteiger partial charge in [-0.15, -0.1) is 0 Å². The largest absolute Gasteiger partial charge is 0.444 e. The molecule has 1 fully saturated rings. The molecule has 11 heteroatoms. The smallest absolute Gasteiger partial charge is 0.410 e. The molecule has 3 heterocycles. The minimum atomic E-state index is -1.30. The van der Waals surface area contributed by atoms with Crippen LogP contribution in [0.15, 0.2) is 47.3 Å². The monoisotopic (exact) mass is 631 g/mol. The Balaban J connectivity index is 1.44. The maximum atomic E-state index is 15.0. The highest BCUT2D eigenvalue weighted by Gasteiger charge is 2.50. The number of hydrogen-bond donors (Lipinski definition) is 0. The molecule has 238 valence electrons. The van der Waals surface area contributed by atoms with Crippen molar-refractivity contribution in [3.8, 4) is 16.9 Å². The zero-order valence-corrected chi connectivity index (χ0v) is 28.2. The van der Waals surface area contributed by atoms with Crippen molar-refractivity contribution in [1.82, 2.24) is 24.5 Å². The predicted molar refractivity (Wildman–Crippen MR) is 175 cm³/mol. The van der Waals surface area contributed by atoms with E-state index in [2.05, 4.69) is 31.8 Å². The second-order valence-corrected chi connectivity index (χ2v) is 20.3. The van der Waals surface area contributed by atoms with Crippen molar-refractivity contribution >= 4 is 25.2 Å². The molecule has 1 spiro atoms. The lowest BCUT2D eigenvalue weighted by molar-refractivity contribution is 0.0197. The molecule has 9 nitrogen and oxygen atoms in total. The summed E-state index contributed by atoms with van der Waals surface area (Å²) < 4.78 is 29.6. The Bertz CT molecular complexity index is 1830. The van der Waals surface area contributed by atoms with Crippen molar-refractivity contribution in [3.05, 3.63) is 75.3 Å². The van der Waals surface area contributed by atoms with Crippen LogP contribution in [0, 0.1) is 12.7 Å². The SMILES string of the molecule is Cc1cccc(F)c1-n1nc2c(-c3ccc4c(c3)CN(C(=O)OC(C)(C)C)CC43CC3)nn(COCC[Si](C)(C)C)c2cc1=O. The van der Waals surface area contributed by atoms with E-state index in [-0.39, 0.29) is 23.9 Å². The van der Waals surface area contributed by atoms with Crippen LogP contribution in [-0.4, -0.2) is 57.4 Å². The number of carbonyl (C=O) groups excluding carboxylic acids is 1. The fourth-order valence-electron chi connectivity index (χ4n) is 6.04. The van der Waals surface area contributed by atoms with Gasteiger partial charge in [-0.3, -0.25) is 4.79 Å². The van der Waals surface area contributed by atoms with E-state index in [0.717, 1.165) is 34.7 Å². The lowest BCUT2D eigenvalue weighted by atomic mass is 9.85. The van der Waals surface area contributed by atoms with Crippen LogP contribution in [0.3, 0.4) is 0 Å². The summed E-state index contributed by atoms with van der Waals surface area (Å²) in [7, 11) is -1.30. The van der Waals surface area contributed by atoms with Gasteiger partial charge in [0, 0.05) is 44.8 Å². The Morgan fingerprint density at radius 3 is 2.51 bits per heavy atom. The van der Waals surface area contributed by atoms with Gasteiger partial charge in [-0.1, -0.05) is 43.9 Å². The zero-order chi connectivity index (χ0) is 32.3. The summed E-state index contributed by atoms with van der Waals surface area (Å²) in [6, 6.07) is 13.4. The summed E-state index contributed by atoms with van der Waals surface area (Å²) in [5, 5.41) is 9.62. The van der Waals surface area contributed by atoms with E-state index < -0.39 is 25.1 Å². The molecule has 4 aromatic rings. The number of fused-ring (bicyclic) bond motifs is 3. The lowest BCUT2D eigenvalue weighted by Crippen LogP contribution is -2.44. The van der Waals surface area contributed by atoms with Gasteiger partial charge in [-0.25, -0.2) is 13.9 Å². The molecule has 2 aromatic carbocycles. The first-order valence-corrected chi connectivity index (χ1v) is 19.3. The van der Waals surface area contributed by atoms with Gasteiger partial charge in [0.1, 0.15) is 35.0 Å². The summed E-state index contributed by atoms with van der Waals surface area (Å²) >= 11 is 0. The molecular weight excluding hydrogens is 589 g/mol. The third kappa shape index (κ3) is 6.33. The maximum absolute atomic E-state index is 15.0. The molecule has 45 heavy (non-hydrogen) atoms. The highest BCUT2D eigenvalue weighted by molar-refractivity contribution is 6.76. The first-order valence-electron chi connectivity index (χ1n) is 15.6. The summed E-state index contributed by atoms with van der Waals surface area (Å²) in [5.74, 6) is -0.529. The van der Waals surface area contributed by atoms with Crippen LogP contribution >= 0.6 is 0 Å². The van der Waals surface area contributed by atoms with Crippen molar-refractivity contribution in [3.63, 3.8) is 0 Å². The molecule has 2 aliphatic rings. The Labute approximate surface area is 264 Å². The van der Waals surface area contributed by atoms with E-state index in [1.54, 1.807) is 28.6 Å². The molecule has 0 bridgehead atoms. The molecule has 2 aromatic heterocycles. The number of ether oxygens (including phenoxy) is 2. The van der Waals surface area contributed by atoms with Gasteiger partial charge in [0.2, 0.25) is 0 Å². The summed E-state index contributed by atoms with van der Waals surface area (Å²) in [6.45, 7) is 16.1. The molecular formula is C34H42FN5O4Si. The molecule has 0 N–H and O–H groups in total. The van der Waals surface area contributed by atoms with Crippen LogP contribution in [0.25, 0.3) is 28.0 Å². The van der Waals surface area contributed by atoms with E-state index in [0.29, 0.717) is 42.0 Å². The Kier molecular flexibility index (Phi) is 7.76. The Morgan fingerprint density at radius 2 is 1.84 bits per heavy atom. The van der Waals surface area contributed by atoms with E-state index in [9.17, 15) is 9.59 Å². The molecule has 1 amide bonds. The number of aryl methyl sites for hydroxylation is 1. The summed E-state index contributed by atoms with van der Waals surface area (Å²) in [5.41, 5.74) is 4.22. The Hall–Kier alpha value is -3.83. The van der Waals surface area contributed by atoms with Crippen LogP contribution in [0.5, 0.6) is 0 Å². The van der Waals surface area contributed by atoms with Gasteiger partial charge in [-0.2, -0.15) is 14.9 Å².